The van der Waals surface area contributed by atoms with E-state index in [1.165, 1.54) is 12.8 Å². The Balaban J connectivity index is 1.71. The van der Waals surface area contributed by atoms with Crippen LogP contribution in [0.3, 0.4) is 0 Å². The molecule has 0 radical (unpaired) electrons. The summed E-state index contributed by atoms with van der Waals surface area (Å²) >= 11 is 0. The Bertz CT molecular complexity index is 720. The van der Waals surface area contributed by atoms with Crippen molar-refractivity contribution >= 4 is 11.6 Å². The number of likely N-dealkylation sites (tertiary alicyclic amines) is 1. The summed E-state index contributed by atoms with van der Waals surface area (Å²) in [5.41, 5.74) is 6.90. The molecule has 1 aliphatic heterocycles. The summed E-state index contributed by atoms with van der Waals surface area (Å²) in [7, 11) is 1.64. The number of para-hydroxylation sites is 2. The predicted molar refractivity (Wildman–Crippen MR) is 100 cm³/mol. The van der Waals surface area contributed by atoms with E-state index in [9.17, 15) is 0 Å². The van der Waals surface area contributed by atoms with Crippen LogP contribution in [0.4, 0.5) is 5.69 Å². The lowest BCUT2D eigenvalue weighted by molar-refractivity contribution is 0.219. The van der Waals surface area contributed by atoms with Crippen LogP contribution in [-0.4, -0.2) is 37.6 Å². The number of methoxy groups -OCH3 is 1. The van der Waals surface area contributed by atoms with Crippen molar-refractivity contribution in [3.05, 3.63) is 47.9 Å². The van der Waals surface area contributed by atoms with E-state index in [1.54, 1.807) is 7.11 Å². The molecule has 1 atom stereocenters. The van der Waals surface area contributed by atoms with E-state index in [1.807, 2.05) is 43.3 Å². The van der Waals surface area contributed by atoms with Crippen molar-refractivity contribution in [3.63, 3.8) is 0 Å². The second kappa shape index (κ2) is 8.07. The molecular weight excluding hydrogens is 316 g/mol. The molecule has 1 aromatic carbocycles. The molecule has 3 N–H and O–H groups in total. The van der Waals surface area contributed by atoms with Gasteiger partial charge >= 0.3 is 0 Å². The van der Waals surface area contributed by atoms with Crippen LogP contribution in [0, 0.1) is 6.92 Å². The van der Waals surface area contributed by atoms with E-state index in [-0.39, 0.29) is 6.04 Å². The molecular formula is C19H26N4O2. The quantitative estimate of drug-likeness (QED) is 0.623. The summed E-state index contributed by atoms with van der Waals surface area (Å²) in [6.45, 7) is 4.66. The number of hydrogen-bond acceptors (Lipinski definition) is 4. The van der Waals surface area contributed by atoms with Crippen LogP contribution >= 0.6 is 0 Å². The number of rotatable bonds is 6. The molecule has 2 heterocycles. The minimum absolute atomic E-state index is 0.120. The topological polar surface area (TPSA) is 76.0 Å². The first kappa shape index (κ1) is 17.4. The van der Waals surface area contributed by atoms with Crippen molar-refractivity contribution in [1.29, 1.82) is 0 Å². The van der Waals surface area contributed by atoms with Crippen LogP contribution in [0.2, 0.25) is 0 Å². The summed E-state index contributed by atoms with van der Waals surface area (Å²) in [6.07, 6.45) is 2.43. The van der Waals surface area contributed by atoms with Gasteiger partial charge in [-0.2, -0.15) is 0 Å². The number of hydrogen-bond donors (Lipinski definition) is 2. The standard InChI is InChI=1S/C19H26N4O2/c1-14-9-10-18(25-14)16(23-11-5-6-12-23)13-21-19(20)22-15-7-3-4-8-17(15)24-2/h3-4,7-10,16H,5-6,11-13H2,1-2H3,(H3,20,21,22). The molecule has 1 aromatic heterocycles. The smallest absolute Gasteiger partial charge is 0.193 e. The number of anilines is 1. The fourth-order valence-corrected chi connectivity index (χ4v) is 3.18. The third-order valence-electron chi connectivity index (χ3n) is 4.48. The number of ether oxygens (including phenoxy) is 1. The predicted octanol–water partition coefficient (Wildman–Crippen LogP) is 3.16. The highest BCUT2D eigenvalue weighted by Gasteiger charge is 2.25. The van der Waals surface area contributed by atoms with E-state index >= 15 is 0 Å². The number of nitrogens with one attached hydrogen (secondary N) is 1. The first-order valence-corrected chi connectivity index (χ1v) is 8.67. The van der Waals surface area contributed by atoms with E-state index in [0.717, 1.165) is 36.0 Å². The van der Waals surface area contributed by atoms with Crippen LogP contribution in [-0.2, 0) is 0 Å². The first-order chi connectivity index (χ1) is 12.2. The monoisotopic (exact) mass is 342 g/mol. The van der Waals surface area contributed by atoms with Crippen LogP contribution < -0.4 is 15.8 Å². The lowest BCUT2D eigenvalue weighted by Crippen LogP contribution is -2.30. The van der Waals surface area contributed by atoms with Gasteiger partial charge in [-0.05, 0) is 57.1 Å². The Morgan fingerprint density at radius 1 is 1.28 bits per heavy atom. The van der Waals surface area contributed by atoms with Gasteiger partial charge in [0.2, 0.25) is 0 Å². The summed E-state index contributed by atoms with van der Waals surface area (Å²) in [6, 6.07) is 11.8. The van der Waals surface area contributed by atoms with E-state index < -0.39 is 0 Å². The maximum Gasteiger partial charge on any atom is 0.193 e. The molecule has 1 aliphatic rings. The SMILES string of the molecule is COc1ccccc1NC(N)=NCC(c1ccc(C)o1)N1CCCC1. The molecule has 1 unspecified atom stereocenters. The molecule has 2 aromatic rings. The van der Waals surface area contributed by atoms with E-state index in [2.05, 4.69) is 15.2 Å². The van der Waals surface area contributed by atoms with Gasteiger partial charge in [0.25, 0.3) is 0 Å². The van der Waals surface area contributed by atoms with Crippen molar-refractivity contribution in [3.8, 4) is 5.75 Å². The lowest BCUT2D eigenvalue weighted by Gasteiger charge is -2.24. The molecule has 0 bridgehead atoms. The highest BCUT2D eigenvalue weighted by atomic mass is 16.5. The molecule has 6 nitrogen and oxygen atoms in total. The number of benzene rings is 1. The second-order valence-electron chi connectivity index (χ2n) is 6.26. The van der Waals surface area contributed by atoms with Crippen molar-refractivity contribution in [2.45, 2.75) is 25.8 Å². The Hall–Kier alpha value is -2.47. The highest BCUT2D eigenvalue weighted by molar-refractivity contribution is 5.93. The number of guanidine groups is 1. The van der Waals surface area contributed by atoms with Gasteiger partial charge in [-0.3, -0.25) is 9.89 Å². The minimum atomic E-state index is 0.120. The van der Waals surface area contributed by atoms with Crippen LogP contribution in [0.5, 0.6) is 5.75 Å². The Morgan fingerprint density at radius 2 is 2.04 bits per heavy atom. The van der Waals surface area contributed by atoms with Gasteiger partial charge in [0.15, 0.2) is 5.96 Å². The van der Waals surface area contributed by atoms with Gasteiger partial charge in [-0.25, -0.2) is 0 Å². The van der Waals surface area contributed by atoms with Gasteiger partial charge in [-0.15, -0.1) is 0 Å². The van der Waals surface area contributed by atoms with Crippen LogP contribution in [0.15, 0.2) is 45.8 Å². The summed E-state index contributed by atoms with van der Waals surface area (Å²) < 4.78 is 11.2. The second-order valence-corrected chi connectivity index (χ2v) is 6.26. The van der Waals surface area contributed by atoms with Gasteiger partial charge < -0.3 is 20.2 Å². The zero-order valence-electron chi connectivity index (χ0n) is 14.9. The van der Waals surface area contributed by atoms with Crippen molar-refractivity contribution in [1.82, 2.24) is 4.90 Å². The minimum Gasteiger partial charge on any atom is -0.495 e. The third kappa shape index (κ3) is 4.33. The van der Waals surface area contributed by atoms with Crippen molar-refractivity contribution in [2.75, 3.05) is 32.1 Å². The summed E-state index contributed by atoms with van der Waals surface area (Å²) in [5, 5.41) is 3.12. The fraction of sp³-hybridized carbons (Fsp3) is 0.421. The Labute approximate surface area is 148 Å². The Kier molecular flexibility index (Phi) is 5.60. The largest absolute Gasteiger partial charge is 0.495 e. The van der Waals surface area contributed by atoms with Gasteiger partial charge in [0.1, 0.15) is 17.3 Å². The molecule has 1 fully saturated rings. The molecule has 6 heteroatoms. The normalized spacial score (nSPS) is 16.8. The zero-order chi connectivity index (χ0) is 17.6. The third-order valence-corrected chi connectivity index (χ3v) is 4.48. The number of furan rings is 1. The van der Waals surface area contributed by atoms with Crippen LogP contribution in [0.1, 0.15) is 30.4 Å². The summed E-state index contributed by atoms with van der Waals surface area (Å²) in [4.78, 5) is 6.97. The molecule has 0 amide bonds. The van der Waals surface area contributed by atoms with E-state index in [4.69, 9.17) is 14.9 Å². The molecule has 134 valence electrons. The van der Waals surface area contributed by atoms with Gasteiger partial charge in [-0.1, -0.05) is 12.1 Å². The van der Waals surface area contributed by atoms with Crippen molar-refractivity contribution in [2.24, 2.45) is 10.7 Å². The average Bonchev–Trinajstić information content (AvgIpc) is 3.28. The Morgan fingerprint density at radius 3 is 2.72 bits per heavy atom. The highest BCUT2D eigenvalue weighted by Crippen LogP contribution is 2.27. The van der Waals surface area contributed by atoms with Gasteiger partial charge in [0.05, 0.1) is 25.4 Å². The fourth-order valence-electron chi connectivity index (χ4n) is 3.18. The molecule has 0 saturated carbocycles. The first-order valence-electron chi connectivity index (χ1n) is 8.67. The van der Waals surface area contributed by atoms with Gasteiger partial charge in [0, 0.05) is 0 Å². The number of aryl methyl sites for hydroxylation is 1. The number of aliphatic imine (C=N–C) groups is 1. The molecule has 1 saturated heterocycles. The molecule has 0 spiro atoms. The zero-order valence-corrected chi connectivity index (χ0v) is 14.9. The molecule has 3 rings (SSSR count). The number of nitrogens with zero attached hydrogens (tertiary/aromatic N) is 2. The molecule has 0 aliphatic carbocycles. The number of nitrogens with two attached hydrogens (primary N) is 1. The van der Waals surface area contributed by atoms with Crippen molar-refractivity contribution < 1.29 is 9.15 Å². The average molecular weight is 342 g/mol. The van der Waals surface area contributed by atoms with E-state index in [0.29, 0.717) is 12.5 Å². The summed E-state index contributed by atoms with van der Waals surface area (Å²) in [5.74, 6) is 2.98. The lowest BCUT2D eigenvalue weighted by atomic mass is 10.2. The maximum absolute atomic E-state index is 6.09. The van der Waals surface area contributed by atoms with Crippen LogP contribution in [0.25, 0.3) is 0 Å². The molecule has 25 heavy (non-hydrogen) atoms. The maximum atomic E-state index is 6.09.